The van der Waals surface area contributed by atoms with Gasteiger partial charge in [-0.1, -0.05) is 15.9 Å². The van der Waals surface area contributed by atoms with Gasteiger partial charge in [0.05, 0.1) is 5.69 Å². The second-order valence-corrected chi connectivity index (χ2v) is 5.32. The van der Waals surface area contributed by atoms with E-state index in [-0.39, 0.29) is 5.82 Å². The molecule has 0 N–H and O–H groups in total. The summed E-state index contributed by atoms with van der Waals surface area (Å²) < 4.78 is 13.9. The molecule has 1 saturated heterocycles. The molecule has 2 heterocycles. The first-order chi connectivity index (χ1) is 8.22. The molecular weight excluding hydrogens is 285 g/mol. The number of aryl methyl sites for hydroxylation is 1. The van der Waals surface area contributed by atoms with Gasteiger partial charge in [-0.05, 0) is 32.1 Å². The van der Waals surface area contributed by atoms with Crippen LogP contribution in [0.5, 0.6) is 0 Å². The fourth-order valence-electron chi connectivity index (χ4n) is 2.31. The summed E-state index contributed by atoms with van der Waals surface area (Å²) in [5.41, 5.74) is 0.428. The molecule has 1 atom stereocenters. The summed E-state index contributed by atoms with van der Waals surface area (Å²) in [6, 6.07) is 0. The van der Waals surface area contributed by atoms with Crippen LogP contribution >= 0.6 is 15.9 Å². The van der Waals surface area contributed by atoms with Crippen molar-refractivity contribution in [1.82, 2.24) is 9.97 Å². The van der Waals surface area contributed by atoms with E-state index in [2.05, 4.69) is 30.8 Å². The lowest BCUT2D eigenvalue weighted by atomic mass is 9.95. The molecule has 1 aliphatic heterocycles. The number of nitrogens with zero attached hydrogens (tertiary/aromatic N) is 3. The Morgan fingerprint density at radius 1 is 1.53 bits per heavy atom. The summed E-state index contributed by atoms with van der Waals surface area (Å²) in [5.74, 6) is 0.835. The van der Waals surface area contributed by atoms with Gasteiger partial charge in [0.1, 0.15) is 6.33 Å². The van der Waals surface area contributed by atoms with Crippen molar-refractivity contribution in [2.75, 3.05) is 23.3 Å². The summed E-state index contributed by atoms with van der Waals surface area (Å²) in [7, 11) is 0. The Morgan fingerprint density at radius 2 is 2.35 bits per heavy atom. The maximum absolute atomic E-state index is 13.9. The zero-order valence-corrected chi connectivity index (χ0v) is 11.6. The van der Waals surface area contributed by atoms with Gasteiger partial charge in [-0.3, -0.25) is 0 Å². The third-order valence-electron chi connectivity index (χ3n) is 3.28. The number of rotatable bonds is 3. The first-order valence-corrected chi connectivity index (χ1v) is 7.12. The predicted molar refractivity (Wildman–Crippen MR) is 70.1 cm³/mol. The van der Waals surface area contributed by atoms with Crippen LogP contribution in [0.4, 0.5) is 10.2 Å². The molecule has 2 rings (SSSR count). The second-order valence-electron chi connectivity index (χ2n) is 4.53. The summed E-state index contributed by atoms with van der Waals surface area (Å²) in [6.07, 6.45) is 4.93. The SMILES string of the molecule is Cc1ncnc(N2CCCC(CCBr)C2)c1F. The molecule has 5 heteroatoms. The lowest BCUT2D eigenvalue weighted by Gasteiger charge is -2.33. The first-order valence-electron chi connectivity index (χ1n) is 6.00. The van der Waals surface area contributed by atoms with Crippen molar-refractivity contribution in [1.29, 1.82) is 0 Å². The predicted octanol–water partition coefficient (Wildman–Crippen LogP) is 2.93. The van der Waals surface area contributed by atoms with E-state index in [9.17, 15) is 4.39 Å². The number of piperidine rings is 1. The first kappa shape index (κ1) is 12.7. The van der Waals surface area contributed by atoms with Crippen LogP contribution in [0.3, 0.4) is 0 Å². The highest BCUT2D eigenvalue weighted by atomic mass is 79.9. The number of hydrogen-bond donors (Lipinski definition) is 0. The van der Waals surface area contributed by atoms with Crippen molar-refractivity contribution < 1.29 is 4.39 Å². The largest absolute Gasteiger partial charge is 0.354 e. The second kappa shape index (κ2) is 5.76. The van der Waals surface area contributed by atoms with Gasteiger partial charge in [0.2, 0.25) is 0 Å². The number of aromatic nitrogens is 2. The van der Waals surface area contributed by atoms with Crippen LogP contribution in [0.2, 0.25) is 0 Å². The molecule has 0 bridgehead atoms. The molecular formula is C12H17BrFN3. The molecule has 1 aromatic heterocycles. The van der Waals surface area contributed by atoms with E-state index in [0.717, 1.165) is 31.3 Å². The van der Waals surface area contributed by atoms with E-state index in [0.29, 0.717) is 17.4 Å². The van der Waals surface area contributed by atoms with Gasteiger partial charge >= 0.3 is 0 Å². The molecule has 3 nitrogen and oxygen atoms in total. The Kier molecular flexibility index (Phi) is 4.31. The molecule has 1 fully saturated rings. The van der Waals surface area contributed by atoms with Gasteiger partial charge in [0.25, 0.3) is 0 Å². The van der Waals surface area contributed by atoms with Crippen molar-refractivity contribution in [2.45, 2.75) is 26.2 Å². The summed E-state index contributed by atoms with van der Waals surface area (Å²) in [6.45, 7) is 3.48. The molecule has 0 spiro atoms. The Morgan fingerprint density at radius 3 is 3.12 bits per heavy atom. The topological polar surface area (TPSA) is 29.0 Å². The Hall–Kier alpha value is -0.710. The minimum Gasteiger partial charge on any atom is -0.354 e. The lowest BCUT2D eigenvalue weighted by Crippen LogP contribution is -2.36. The molecule has 0 aliphatic carbocycles. The maximum Gasteiger partial charge on any atom is 0.186 e. The number of alkyl halides is 1. The average molecular weight is 302 g/mol. The van der Waals surface area contributed by atoms with E-state index in [1.165, 1.54) is 12.7 Å². The van der Waals surface area contributed by atoms with E-state index in [4.69, 9.17) is 0 Å². The molecule has 0 saturated carbocycles. The zero-order valence-electron chi connectivity index (χ0n) is 9.99. The molecule has 1 aromatic rings. The number of halogens is 2. The van der Waals surface area contributed by atoms with Crippen molar-refractivity contribution in [3.05, 3.63) is 17.8 Å². The average Bonchev–Trinajstić information content (AvgIpc) is 2.33. The highest BCUT2D eigenvalue weighted by molar-refractivity contribution is 9.09. The van der Waals surface area contributed by atoms with Gasteiger partial charge < -0.3 is 4.90 Å². The van der Waals surface area contributed by atoms with Crippen LogP contribution in [0.1, 0.15) is 25.0 Å². The van der Waals surface area contributed by atoms with Crippen LogP contribution in [0, 0.1) is 18.7 Å². The standard InChI is InChI=1S/C12H17BrFN3/c1-9-11(14)12(16-8-15-9)17-6-2-3-10(7-17)4-5-13/h8,10H,2-7H2,1H3. The summed E-state index contributed by atoms with van der Waals surface area (Å²) >= 11 is 3.47. The Balaban J connectivity index is 2.13. The molecule has 94 valence electrons. The normalized spacial score (nSPS) is 20.6. The quantitative estimate of drug-likeness (QED) is 0.804. The van der Waals surface area contributed by atoms with Gasteiger partial charge in [0, 0.05) is 18.4 Å². The Bertz CT molecular complexity index is 384. The van der Waals surface area contributed by atoms with Gasteiger partial charge in [-0.2, -0.15) is 0 Å². The van der Waals surface area contributed by atoms with E-state index < -0.39 is 0 Å². The fraction of sp³-hybridized carbons (Fsp3) is 0.667. The fourth-order valence-corrected chi connectivity index (χ4v) is 2.96. The van der Waals surface area contributed by atoms with Crippen LogP contribution in [0.15, 0.2) is 6.33 Å². The van der Waals surface area contributed by atoms with E-state index in [1.807, 2.05) is 0 Å². The number of hydrogen-bond acceptors (Lipinski definition) is 3. The van der Waals surface area contributed by atoms with Crippen molar-refractivity contribution in [3.8, 4) is 0 Å². The minimum atomic E-state index is -0.271. The monoisotopic (exact) mass is 301 g/mol. The highest BCUT2D eigenvalue weighted by Crippen LogP contribution is 2.26. The van der Waals surface area contributed by atoms with Crippen molar-refractivity contribution >= 4 is 21.7 Å². The lowest BCUT2D eigenvalue weighted by molar-refractivity contribution is 0.402. The van der Waals surface area contributed by atoms with Gasteiger partial charge in [0.15, 0.2) is 11.6 Å². The molecule has 0 aromatic carbocycles. The highest BCUT2D eigenvalue weighted by Gasteiger charge is 2.23. The molecule has 1 unspecified atom stereocenters. The molecule has 0 radical (unpaired) electrons. The summed E-state index contributed by atoms with van der Waals surface area (Å²) in [4.78, 5) is 10.0. The Labute approximate surface area is 110 Å². The number of anilines is 1. The van der Waals surface area contributed by atoms with Crippen molar-refractivity contribution in [3.63, 3.8) is 0 Å². The maximum atomic E-state index is 13.9. The van der Waals surface area contributed by atoms with Crippen LogP contribution in [0.25, 0.3) is 0 Å². The smallest absolute Gasteiger partial charge is 0.186 e. The molecule has 17 heavy (non-hydrogen) atoms. The van der Waals surface area contributed by atoms with Crippen LogP contribution < -0.4 is 4.90 Å². The molecule has 0 amide bonds. The minimum absolute atomic E-state index is 0.271. The zero-order chi connectivity index (χ0) is 12.3. The van der Waals surface area contributed by atoms with E-state index in [1.54, 1.807) is 6.92 Å². The van der Waals surface area contributed by atoms with Crippen molar-refractivity contribution in [2.24, 2.45) is 5.92 Å². The van der Waals surface area contributed by atoms with Crippen LogP contribution in [-0.2, 0) is 0 Å². The van der Waals surface area contributed by atoms with Gasteiger partial charge in [-0.25, -0.2) is 14.4 Å². The third kappa shape index (κ3) is 2.94. The van der Waals surface area contributed by atoms with Crippen LogP contribution in [-0.4, -0.2) is 28.4 Å². The summed E-state index contributed by atoms with van der Waals surface area (Å²) in [5, 5.41) is 1.01. The molecule has 1 aliphatic rings. The third-order valence-corrected chi connectivity index (χ3v) is 3.74. The van der Waals surface area contributed by atoms with E-state index >= 15 is 0 Å². The van der Waals surface area contributed by atoms with Gasteiger partial charge in [-0.15, -0.1) is 0 Å².